The first-order valence-corrected chi connectivity index (χ1v) is 8.18. The quantitative estimate of drug-likeness (QED) is 0.803. The Morgan fingerprint density at radius 1 is 1.24 bits per heavy atom. The molecule has 4 heteroatoms. The molecule has 0 spiro atoms. The molecule has 1 aromatic heterocycles. The Bertz CT molecular complexity index is 538. The molecule has 1 heterocycles. The fourth-order valence-electron chi connectivity index (χ4n) is 2.04. The normalized spacial score (nSPS) is 10.9. The van der Waals surface area contributed by atoms with Gasteiger partial charge in [-0.1, -0.05) is 26.0 Å². The number of rotatable bonds is 8. The third-order valence-corrected chi connectivity index (χ3v) is 3.93. The highest BCUT2D eigenvalue weighted by Crippen LogP contribution is 2.31. The molecule has 0 radical (unpaired) electrons. The van der Waals surface area contributed by atoms with E-state index in [0.29, 0.717) is 12.6 Å². The highest BCUT2D eigenvalue weighted by atomic mass is 32.1. The van der Waals surface area contributed by atoms with Crippen LogP contribution < -0.4 is 14.8 Å². The summed E-state index contributed by atoms with van der Waals surface area (Å²) in [7, 11) is 1.68. The van der Waals surface area contributed by atoms with Gasteiger partial charge in [-0.3, -0.25) is 0 Å². The molecule has 21 heavy (non-hydrogen) atoms. The van der Waals surface area contributed by atoms with Gasteiger partial charge in [-0.25, -0.2) is 0 Å². The van der Waals surface area contributed by atoms with E-state index in [1.165, 1.54) is 5.56 Å². The predicted molar refractivity (Wildman–Crippen MR) is 88.5 cm³/mol. The van der Waals surface area contributed by atoms with Gasteiger partial charge >= 0.3 is 0 Å². The smallest absolute Gasteiger partial charge is 0.165 e. The molecule has 0 aliphatic rings. The molecule has 2 aromatic rings. The Balaban J connectivity index is 2.03. The number of hydrogen-bond donors (Lipinski definition) is 1. The topological polar surface area (TPSA) is 30.5 Å². The van der Waals surface area contributed by atoms with Gasteiger partial charge in [0.2, 0.25) is 0 Å². The minimum Gasteiger partial charge on any atom is -0.493 e. The first-order valence-electron chi connectivity index (χ1n) is 7.24. The van der Waals surface area contributed by atoms with Crippen LogP contribution in [-0.2, 0) is 13.0 Å². The second kappa shape index (κ2) is 8.05. The van der Waals surface area contributed by atoms with Crippen LogP contribution in [-0.4, -0.2) is 19.8 Å². The molecule has 0 bridgehead atoms. The molecule has 114 valence electrons. The number of benzene rings is 1. The van der Waals surface area contributed by atoms with Gasteiger partial charge < -0.3 is 14.8 Å². The summed E-state index contributed by atoms with van der Waals surface area (Å²) in [4.78, 5) is 0. The van der Waals surface area contributed by atoms with E-state index >= 15 is 0 Å². The van der Waals surface area contributed by atoms with Crippen LogP contribution in [0.25, 0.3) is 0 Å². The highest BCUT2D eigenvalue weighted by molar-refractivity contribution is 7.07. The lowest BCUT2D eigenvalue weighted by molar-refractivity contribution is 0.293. The summed E-state index contributed by atoms with van der Waals surface area (Å²) in [6.07, 6.45) is 0.915. The van der Waals surface area contributed by atoms with Crippen LogP contribution >= 0.6 is 11.3 Å². The van der Waals surface area contributed by atoms with E-state index < -0.39 is 0 Å². The van der Waals surface area contributed by atoms with Gasteiger partial charge in [0.15, 0.2) is 11.5 Å². The van der Waals surface area contributed by atoms with E-state index in [-0.39, 0.29) is 0 Å². The Morgan fingerprint density at radius 2 is 2.10 bits per heavy atom. The lowest BCUT2D eigenvalue weighted by Crippen LogP contribution is -2.22. The second-order valence-corrected chi connectivity index (χ2v) is 5.99. The SMILES string of the molecule is COc1cccc(CNC(C)C)c1OCCc1ccsc1. The van der Waals surface area contributed by atoms with Gasteiger partial charge in [0.05, 0.1) is 13.7 Å². The van der Waals surface area contributed by atoms with Crippen molar-refractivity contribution >= 4 is 11.3 Å². The molecular formula is C17H23NO2S. The summed E-state index contributed by atoms with van der Waals surface area (Å²) in [5.41, 5.74) is 2.45. The van der Waals surface area contributed by atoms with E-state index in [0.717, 1.165) is 30.0 Å². The van der Waals surface area contributed by atoms with E-state index in [1.807, 2.05) is 12.1 Å². The zero-order valence-corrected chi connectivity index (χ0v) is 13.7. The minimum absolute atomic E-state index is 0.440. The number of nitrogens with one attached hydrogen (secondary N) is 1. The lowest BCUT2D eigenvalue weighted by Gasteiger charge is -2.16. The summed E-state index contributed by atoms with van der Waals surface area (Å²) in [6.45, 7) is 5.71. The molecule has 3 nitrogen and oxygen atoms in total. The molecule has 1 aromatic carbocycles. The summed E-state index contributed by atoms with van der Waals surface area (Å²) in [5.74, 6) is 1.65. The first kappa shape index (κ1) is 15.9. The highest BCUT2D eigenvalue weighted by Gasteiger charge is 2.11. The Hall–Kier alpha value is -1.52. The number of thiophene rings is 1. The fourth-order valence-corrected chi connectivity index (χ4v) is 2.75. The van der Waals surface area contributed by atoms with Gasteiger partial charge in [0, 0.05) is 24.6 Å². The predicted octanol–water partition coefficient (Wildman–Crippen LogP) is 3.88. The number of ether oxygens (including phenoxy) is 2. The average Bonchev–Trinajstić information content (AvgIpc) is 2.99. The van der Waals surface area contributed by atoms with Crippen molar-refractivity contribution < 1.29 is 9.47 Å². The van der Waals surface area contributed by atoms with Crippen molar-refractivity contribution in [1.29, 1.82) is 0 Å². The molecule has 0 saturated heterocycles. The van der Waals surface area contributed by atoms with Gasteiger partial charge in [0.25, 0.3) is 0 Å². The van der Waals surface area contributed by atoms with Crippen molar-refractivity contribution in [1.82, 2.24) is 5.32 Å². The van der Waals surface area contributed by atoms with E-state index in [1.54, 1.807) is 18.4 Å². The molecule has 0 unspecified atom stereocenters. The zero-order valence-electron chi connectivity index (χ0n) is 12.9. The number of hydrogen-bond acceptors (Lipinski definition) is 4. The number of methoxy groups -OCH3 is 1. The lowest BCUT2D eigenvalue weighted by atomic mass is 10.1. The standard InChI is InChI=1S/C17H23NO2S/c1-13(2)18-11-15-5-4-6-16(19-3)17(15)20-9-7-14-8-10-21-12-14/h4-6,8,10,12-13,18H,7,9,11H2,1-3H3. The van der Waals surface area contributed by atoms with Crippen LogP contribution in [0.3, 0.4) is 0 Å². The second-order valence-electron chi connectivity index (χ2n) is 5.21. The fraction of sp³-hybridized carbons (Fsp3) is 0.412. The molecule has 0 aliphatic carbocycles. The van der Waals surface area contributed by atoms with Crippen molar-refractivity contribution in [3.63, 3.8) is 0 Å². The van der Waals surface area contributed by atoms with Gasteiger partial charge in [0.1, 0.15) is 0 Å². The Kier molecular flexibility index (Phi) is 6.08. The summed E-state index contributed by atoms with van der Waals surface area (Å²) in [5, 5.41) is 7.68. The number of para-hydroxylation sites is 1. The van der Waals surface area contributed by atoms with Crippen molar-refractivity contribution in [3.05, 3.63) is 46.2 Å². The maximum Gasteiger partial charge on any atom is 0.165 e. The largest absolute Gasteiger partial charge is 0.493 e. The molecule has 1 N–H and O–H groups in total. The summed E-state index contributed by atoms with van der Waals surface area (Å²) in [6, 6.07) is 8.60. The average molecular weight is 305 g/mol. The third-order valence-electron chi connectivity index (χ3n) is 3.20. The van der Waals surface area contributed by atoms with Gasteiger partial charge in [-0.05, 0) is 28.5 Å². The van der Waals surface area contributed by atoms with Crippen LogP contribution in [0.4, 0.5) is 0 Å². The minimum atomic E-state index is 0.440. The van der Waals surface area contributed by atoms with Gasteiger partial charge in [-0.15, -0.1) is 0 Å². The van der Waals surface area contributed by atoms with E-state index in [2.05, 4.69) is 42.1 Å². The van der Waals surface area contributed by atoms with Crippen LogP contribution in [0.2, 0.25) is 0 Å². The Morgan fingerprint density at radius 3 is 2.76 bits per heavy atom. The maximum atomic E-state index is 6.00. The first-order chi connectivity index (χ1) is 10.2. The van der Waals surface area contributed by atoms with Crippen LogP contribution in [0, 0.1) is 0 Å². The van der Waals surface area contributed by atoms with Crippen molar-refractivity contribution in [2.75, 3.05) is 13.7 Å². The summed E-state index contributed by atoms with van der Waals surface area (Å²) >= 11 is 1.72. The molecule has 0 amide bonds. The monoisotopic (exact) mass is 305 g/mol. The van der Waals surface area contributed by atoms with Crippen LogP contribution in [0.1, 0.15) is 25.0 Å². The molecular weight excluding hydrogens is 282 g/mol. The van der Waals surface area contributed by atoms with Crippen LogP contribution in [0.15, 0.2) is 35.0 Å². The van der Waals surface area contributed by atoms with Crippen molar-refractivity contribution in [2.45, 2.75) is 32.9 Å². The van der Waals surface area contributed by atoms with Crippen molar-refractivity contribution in [2.24, 2.45) is 0 Å². The van der Waals surface area contributed by atoms with E-state index in [4.69, 9.17) is 9.47 Å². The molecule has 0 aliphatic heterocycles. The maximum absolute atomic E-state index is 6.00. The van der Waals surface area contributed by atoms with E-state index in [9.17, 15) is 0 Å². The van der Waals surface area contributed by atoms with Gasteiger partial charge in [-0.2, -0.15) is 11.3 Å². The summed E-state index contributed by atoms with van der Waals surface area (Å²) < 4.78 is 11.4. The molecule has 0 saturated carbocycles. The molecule has 0 atom stereocenters. The Labute approximate surface area is 130 Å². The van der Waals surface area contributed by atoms with Crippen LogP contribution in [0.5, 0.6) is 11.5 Å². The zero-order chi connectivity index (χ0) is 15.1. The van der Waals surface area contributed by atoms with Crippen molar-refractivity contribution in [3.8, 4) is 11.5 Å². The molecule has 0 fully saturated rings. The molecule has 2 rings (SSSR count). The third kappa shape index (κ3) is 4.76.